The van der Waals surface area contributed by atoms with Gasteiger partial charge in [0.25, 0.3) is 0 Å². The lowest BCUT2D eigenvalue weighted by molar-refractivity contribution is -0.140. The van der Waals surface area contributed by atoms with Crippen LogP contribution in [0.1, 0.15) is 35.6 Å². The molecule has 0 aliphatic rings. The van der Waals surface area contributed by atoms with E-state index in [4.69, 9.17) is 23.2 Å². The molecule has 0 unspecified atom stereocenters. The summed E-state index contributed by atoms with van der Waals surface area (Å²) in [6.07, 6.45) is 2.01. The van der Waals surface area contributed by atoms with Gasteiger partial charge in [-0.3, -0.25) is 13.9 Å². The molecular formula is C30H35Cl2N3O4S. The van der Waals surface area contributed by atoms with Crippen LogP contribution in [0.15, 0.2) is 66.7 Å². The van der Waals surface area contributed by atoms with Gasteiger partial charge in [0, 0.05) is 29.6 Å². The average Bonchev–Trinajstić information content (AvgIpc) is 2.88. The van der Waals surface area contributed by atoms with Crippen LogP contribution in [0.25, 0.3) is 0 Å². The lowest BCUT2D eigenvalue weighted by Crippen LogP contribution is -2.53. The lowest BCUT2D eigenvalue weighted by Gasteiger charge is -2.33. The summed E-state index contributed by atoms with van der Waals surface area (Å²) in [6.45, 7) is 5.60. The van der Waals surface area contributed by atoms with Crippen molar-refractivity contribution in [3.8, 4) is 0 Å². The smallest absolute Gasteiger partial charge is 0.244 e. The van der Waals surface area contributed by atoms with Crippen LogP contribution >= 0.6 is 23.2 Å². The van der Waals surface area contributed by atoms with Crippen LogP contribution in [0, 0.1) is 13.8 Å². The summed E-state index contributed by atoms with van der Waals surface area (Å²) in [5.74, 6) is -0.871. The molecule has 7 nitrogen and oxygen atoms in total. The summed E-state index contributed by atoms with van der Waals surface area (Å²) in [7, 11) is -3.84. The van der Waals surface area contributed by atoms with Gasteiger partial charge in [-0.15, -0.1) is 0 Å². The van der Waals surface area contributed by atoms with Crippen LogP contribution in [-0.2, 0) is 32.6 Å². The third kappa shape index (κ3) is 8.71. The number of aryl methyl sites for hydroxylation is 2. The molecule has 0 saturated heterocycles. The zero-order valence-corrected chi connectivity index (χ0v) is 25.5. The first kappa shape index (κ1) is 31.5. The third-order valence-electron chi connectivity index (χ3n) is 6.35. The van der Waals surface area contributed by atoms with Gasteiger partial charge < -0.3 is 10.2 Å². The Balaban J connectivity index is 2.09. The molecule has 0 saturated carbocycles. The van der Waals surface area contributed by atoms with Gasteiger partial charge in [-0.25, -0.2) is 8.42 Å². The number of rotatable bonds is 12. The highest BCUT2D eigenvalue weighted by atomic mass is 35.5. The second-order valence-corrected chi connectivity index (χ2v) is 12.6. The zero-order chi connectivity index (χ0) is 29.4. The highest BCUT2D eigenvalue weighted by Gasteiger charge is 2.33. The van der Waals surface area contributed by atoms with Gasteiger partial charge in [0.15, 0.2) is 0 Å². The largest absolute Gasteiger partial charge is 0.354 e. The molecule has 0 spiro atoms. The maximum atomic E-state index is 14.1. The number of sulfonamides is 1. The molecule has 3 aromatic rings. The molecule has 10 heteroatoms. The summed E-state index contributed by atoms with van der Waals surface area (Å²) in [4.78, 5) is 29.1. The van der Waals surface area contributed by atoms with Crippen molar-refractivity contribution in [3.63, 3.8) is 0 Å². The molecule has 0 aliphatic carbocycles. The fourth-order valence-electron chi connectivity index (χ4n) is 4.46. The average molecular weight is 605 g/mol. The first-order valence-electron chi connectivity index (χ1n) is 13.0. The number of anilines is 1. The maximum absolute atomic E-state index is 14.1. The number of amides is 2. The first-order chi connectivity index (χ1) is 18.9. The summed E-state index contributed by atoms with van der Waals surface area (Å²) >= 11 is 12.6. The molecule has 2 amide bonds. The second kappa shape index (κ2) is 14.0. The van der Waals surface area contributed by atoms with Crippen molar-refractivity contribution in [1.29, 1.82) is 0 Å². The summed E-state index contributed by atoms with van der Waals surface area (Å²) in [5.41, 5.74) is 3.54. The van der Waals surface area contributed by atoms with E-state index in [1.807, 2.05) is 57.2 Å². The van der Waals surface area contributed by atoms with Crippen LogP contribution in [0.4, 0.5) is 5.69 Å². The number of halogens is 2. The van der Waals surface area contributed by atoms with E-state index in [0.717, 1.165) is 33.7 Å². The molecule has 1 atom stereocenters. The number of hydrogen-bond donors (Lipinski definition) is 1. The van der Waals surface area contributed by atoms with Gasteiger partial charge in [-0.2, -0.15) is 0 Å². The predicted octanol–water partition coefficient (Wildman–Crippen LogP) is 5.54. The summed E-state index contributed by atoms with van der Waals surface area (Å²) < 4.78 is 27.0. The number of carbonyl (C=O) groups excluding carboxylic acids is 2. The molecule has 0 aliphatic heterocycles. The van der Waals surface area contributed by atoms with E-state index in [-0.39, 0.29) is 18.9 Å². The minimum Gasteiger partial charge on any atom is -0.354 e. The van der Waals surface area contributed by atoms with Crippen LogP contribution in [0.5, 0.6) is 0 Å². The zero-order valence-electron chi connectivity index (χ0n) is 23.2. The fourth-order valence-corrected chi connectivity index (χ4v) is 5.76. The minimum absolute atomic E-state index is 0.0175. The molecule has 0 aromatic heterocycles. The van der Waals surface area contributed by atoms with Crippen molar-refractivity contribution in [2.45, 2.75) is 46.2 Å². The minimum atomic E-state index is -3.84. The van der Waals surface area contributed by atoms with Crippen LogP contribution < -0.4 is 9.62 Å². The molecule has 0 radical (unpaired) electrons. The molecule has 0 fully saturated rings. The predicted molar refractivity (Wildman–Crippen MR) is 162 cm³/mol. The molecule has 1 N–H and O–H groups in total. The van der Waals surface area contributed by atoms with Crippen molar-refractivity contribution in [2.24, 2.45) is 0 Å². The van der Waals surface area contributed by atoms with Crippen LogP contribution in [0.2, 0.25) is 10.0 Å². The Kier molecular flexibility index (Phi) is 11.0. The lowest BCUT2D eigenvalue weighted by atomic mass is 10.0. The Bertz CT molecular complexity index is 1430. The van der Waals surface area contributed by atoms with Crippen LogP contribution in [-0.4, -0.2) is 50.5 Å². The Morgan fingerprint density at radius 3 is 2.17 bits per heavy atom. The van der Waals surface area contributed by atoms with E-state index in [1.165, 1.54) is 4.90 Å². The van der Waals surface area contributed by atoms with Crippen LogP contribution in [0.3, 0.4) is 0 Å². The molecule has 0 bridgehead atoms. The maximum Gasteiger partial charge on any atom is 0.244 e. The molecule has 3 aromatic carbocycles. The Morgan fingerprint density at radius 2 is 1.60 bits per heavy atom. The van der Waals surface area contributed by atoms with Crippen molar-refractivity contribution in [1.82, 2.24) is 10.2 Å². The summed E-state index contributed by atoms with van der Waals surface area (Å²) in [5, 5.41) is 3.69. The Morgan fingerprint density at radius 1 is 0.950 bits per heavy atom. The van der Waals surface area contributed by atoms with E-state index < -0.39 is 28.5 Å². The number of nitrogens with one attached hydrogen (secondary N) is 1. The quantitative estimate of drug-likeness (QED) is 0.294. The SMILES string of the molecule is CCCNC(=O)[C@H](Cc1ccccc1)N(Cc1ccc(Cl)cc1Cl)C(=O)CN(c1cc(C)cc(C)c1)S(C)(=O)=O. The van der Waals surface area contributed by atoms with Crippen molar-refractivity contribution in [2.75, 3.05) is 23.7 Å². The number of carbonyl (C=O) groups is 2. The molecule has 40 heavy (non-hydrogen) atoms. The highest BCUT2D eigenvalue weighted by Crippen LogP contribution is 2.26. The van der Waals surface area contributed by atoms with Crippen molar-refractivity contribution < 1.29 is 18.0 Å². The van der Waals surface area contributed by atoms with E-state index >= 15 is 0 Å². The molecule has 214 valence electrons. The van der Waals surface area contributed by atoms with Gasteiger partial charge in [0.2, 0.25) is 21.8 Å². The van der Waals surface area contributed by atoms with E-state index in [1.54, 1.807) is 30.3 Å². The van der Waals surface area contributed by atoms with Crippen molar-refractivity contribution >= 4 is 50.7 Å². The number of hydrogen-bond acceptors (Lipinski definition) is 4. The normalized spacial score (nSPS) is 12.1. The van der Waals surface area contributed by atoms with E-state index in [2.05, 4.69) is 5.32 Å². The van der Waals surface area contributed by atoms with Gasteiger partial charge in [0.1, 0.15) is 12.6 Å². The fraction of sp³-hybridized carbons (Fsp3) is 0.333. The summed E-state index contributed by atoms with van der Waals surface area (Å²) in [6, 6.07) is 18.8. The standard InChI is InChI=1S/C30H35Cl2N3O4S/c1-5-13-33-30(37)28(17-23-9-7-6-8-10-23)34(19-24-11-12-25(31)18-27(24)32)29(36)20-35(40(4,38)39)26-15-21(2)14-22(3)16-26/h6-12,14-16,18,28H,5,13,17,19-20H2,1-4H3,(H,33,37)/t28-/m0/s1. The van der Waals surface area contributed by atoms with Gasteiger partial charge in [-0.05, 0) is 66.8 Å². The molecular weight excluding hydrogens is 569 g/mol. The molecule has 3 rings (SSSR count). The van der Waals surface area contributed by atoms with Gasteiger partial charge >= 0.3 is 0 Å². The monoisotopic (exact) mass is 603 g/mol. The highest BCUT2D eigenvalue weighted by molar-refractivity contribution is 7.92. The Labute approximate surface area is 247 Å². The van der Waals surface area contributed by atoms with Gasteiger partial charge in [-0.1, -0.05) is 72.6 Å². The second-order valence-electron chi connectivity index (χ2n) is 9.87. The van der Waals surface area contributed by atoms with Gasteiger partial charge in [0.05, 0.1) is 11.9 Å². The van der Waals surface area contributed by atoms with E-state index in [9.17, 15) is 18.0 Å². The molecule has 0 heterocycles. The Hall–Kier alpha value is -3.07. The van der Waals surface area contributed by atoms with E-state index in [0.29, 0.717) is 27.8 Å². The van der Waals surface area contributed by atoms with Crippen molar-refractivity contribution in [3.05, 3.63) is 99.0 Å². The third-order valence-corrected chi connectivity index (χ3v) is 8.08. The number of nitrogens with zero attached hydrogens (tertiary/aromatic N) is 2. The topological polar surface area (TPSA) is 86.8 Å². The first-order valence-corrected chi connectivity index (χ1v) is 15.6. The number of benzene rings is 3.